The van der Waals surface area contributed by atoms with Crippen LogP contribution in [0.3, 0.4) is 0 Å². The molecule has 0 aliphatic heterocycles. The van der Waals surface area contributed by atoms with E-state index in [2.05, 4.69) is 20.9 Å². The fraction of sp³-hybridized carbons (Fsp3) is 0.211. The van der Waals surface area contributed by atoms with Crippen LogP contribution < -0.4 is 10.3 Å². The van der Waals surface area contributed by atoms with Gasteiger partial charge in [0.05, 0.1) is 23.8 Å². The van der Waals surface area contributed by atoms with Gasteiger partial charge >= 0.3 is 0 Å². The average Bonchev–Trinajstić information content (AvgIpc) is 2.66. The molecule has 0 saturated heterocycles. The highest BCUT2D eigenvalue weighted by molar-refractivity contribution is 9.10. The van der Waals surface area contributed by atoms with Crippen LogP contribution in [0.4, 0.5) is 0 Å². The number of carbonyl (C=O) groups is 1. The monoisotopic (exact) mass is 432 g/mol. The molecule has 0 aliphatic rings. The lowest BCUT2D eigenvalue weighted by molar-refractivity contribution is 0.102. The van der Waals surface area contributed by atoms with Gasteiger partial charge in [-0.25, -0.2) is 4.98 Å². The third-order valence-electron chi connectivity index (χ3n) is 3.92. The van der Waals surface area contributed by atoms with E-state index >= 15 is 0 Å². The third-order valence-corrected chi connectivity index (χ3v) is 5.39. The molecular formula is C19H17BrN2O3S. The van der Waals surface area contributed by atoms with Gasteiger partial charge in [-0.3, -0.25) is 14.2 Å². The summed E-state index contributed by atoms with van der Waals surface area (Å²) in [6.45, 7) is 2.38. The van der Waals surface area contributed by atoms with E-state index in [-0.39, 0.29) is 17.1 Å². The lowest BCUT2D eigenvalue weighted by Gasteiger charge is -2.11. The molecule has 0 fully saturated rings. The van der Waals surface area contributed by atoms with Gasteiger partial charge in [0, 0.05) is 16.6 Å². The molecule has 1 aromatic heterocycles. The Balaban J connectivity index is 1.89. The molecule has 0 spiro atoms. The topological polar surface area (TPSA) is 61.2 Å². The Labute approximate surface area is 163 Å². The van der Waals surface area contributed by atoms with Crippen molar-refractivity contribution >= 4 is 44.4 Å². The van der Waals surface area contributed by atoms with Gasteiger partial charge in [0.25, 0.3) is 5.56 Å². The number of nitrogens with zero attached hydrogens (tertiary/aromatic N) is 2. The van der Waals surface area contributed by atoms with Crippen molar-refractivity contribution in [2.75, 3.05) is 12.9 Å². The summed E-state index contributed by atoms with van der Waals surface area (Å²) < 4.78 is 7.59. The summed E-state index contributed by atoms with van der Waals surface area (Å²) in [4.78, 5) is 29.8. The number of rotatable bonds is 6. The molecule has 0 atom stereocenters. The van der Waals surface area contributed by atoms with Gasteiger partial charge in [-0.2, -0.15) is 0 Å². The van der Waals surface area contributed by atoms with Gasteiger partial charge in [0.2, 0.25) is 0 Å². The fourth-order valence-corrected chi connectivity index (χ4v) is 3.89. The Morgan fingerprint density at radius 1 is 1.27 bits per heavy atom. The number of aromatic nitrogens is 2. The zero-order chi connectivity index (χ0) is 18.7. The maximum atomic E-state index is 12.7. The highest BCUT2D eigenvalue weighted by atomic mass is 79.9. The van der Waals surface area contributed by atoms with Crippen LogP contribution in [0.25, 0.3) is 10.9 Å². The van der Waals surface area contributed by atoms with Crippen LogP contribution in [0.2, 0.25) is 0 Å². The van der Waals surface area contributed by atoms with E-state index in [1.54, 1.807) is 48.1 Å². The maximum absolute atomic E-state index is 12.7. The molecule has 0 aliphatic carbocycles. The number of hydrogen-bond acceptors (Lipinski definition) is 5. The quantitative estimate of drug-likeness (QED) is 0.332. The van der Waals surface area contributed by atoms with E-state index in [9.17, 15) is 9.59 Å². The highest BCUT2D eigenvalue weighted by Crippen LogP contribution is 2.22. The molecule has 3 rings (SSSR count). The van der Waals surface area contributed by atoms with Crippen molar-refractivity contribution < 1.29 is 9.53 Å². The Morgan fingerprint density at radius 3 is 2.81 bits per heavy atom. The van der Waals surface area contributed by atoms with E-state index in [1.807, 2.05) is 13.0 Å². The second-order valence-corrected chi connectivity index (χ2v) is 7.41. The molecule has 0 saturated carbocycles. The number of hydrogen-bond donors (Lipinski definition) is 0. The first kappa shape index (κ1) is 18.7. The number of thioether (sulfide) groups is 1. The van der Waals surface area contributed by atoms with Crippen LogP contribution >= 0.6 is 27.7 Å². The number of carbonyl (C=O) groups excluding carboxylic acids is 1. The van der Waals surface area contributed by atoms with E-state index in [1.165, 1.54) is 11.8 Å². The summed E-state index contributed by atoms with van der Waals surface area (Å²) in [5, 5.41) is 1.10. The number of Topliss-reactive ketones (excluding diaryl/α,β-unsaturated/α-hetero) is 1. The Bertz CT molecular complexity index is 1030. The standard InChI is InChI=1S/C19H17BrN2O3S/c1-3-22-18(24)15-10-13(20)7-8-16(15)21-19(22)26-11-17(23)12-5-4-6-14(9-12)25-2/h4-10H,3,11H2,1-2H3. The molecule has 3 aromatic rings. The van der Waals surface area contributed by atoms with Crippen molar-refractivity contribution in [2.45, 2.75) is 18.6 Å². The molecule has 134 valence electrons. The number of fused-ring (bicyclic) bond motifs is 1. The molecular weight excluding hydrogens is 416 g/mol. The van der Waals surface area contributed by atoms with Crippen LogP contribution in [0.1, 0.15) is 17.3 Å². The number of halogens is 1. The van der Waals surface area contributed by atoms with Crippen LogP contribution in [0, 0.1) is 0 Å². The minimum absolute atomic E-state index is 0.0401. The second kappa shape index (κ2) is 8.05. The first-order valence-corrected chi connectivity index (χ1v) is 9.81. The van der Waals surface area contributed by atoms with Crippen molar-refractivity contribution in [2.24, 2.45) is 0 Å². The van der Waals surface area contributed by atoms with Gasteiger partial charge in [-0.15, -0.1) is 0 Å². The number of ether oxygens (including phenoxy) is 1. The van der Waals surface area contributed by atoms with Gasteiger partial charge in [-0.1, -0.05) is 39.8 Å². The first-order chi connectivity index (χ1) is 12.5. The molecule has 26 heavy (non-hydrogen) atoms. The first-order valence-electron chi connectivity index (χ1n) is 8.03. The Morgan fingerprint density at radius 2 is 2.08 bits per heavy atom. The molecule has 7 heteroatoms. The smallest absolute Gasteiger partial charge is 0.262 e. The van der Waals surface area contributed by atoms with E-state index in [0.717, 1.165) is 4.47 Å². The average molecular weight is 433 g/mol. The molecule has 0 amide bonds. The van der Waals surface area contributed by atoms with Crippen molar-refractivity contribution in [3.05, 3.63) is 62.9 Å². The predicted octanol–water partition coefficient (Wildman–Crippen LogP) is 4.16. The highest BCUT2D eigenvalue weighted by Gasteiger charge is 2.14. The molecule has 5 nitrogen and oxygen atoms in total. The molecule has 0 bridgehead atoms. The normalized spacial score (nSPS) is 10.9. The summed E-state index contributed by atoms with van der Waals surface area (Å²) >= 11 is 4.65. The van der Waals surface area contributed by atoms with Gasteiger partial charge in [-0.05, 0) is 37.3 Å². The lowest BCUT2D eigenvalue weighted by Crippen LogP contribution is -2.23. The molecule has 2 aromatic carbocycles. The number of benzene rings is 2. The Hall–Kier alpha value is -2.12. The van der Waals surface area contributed by atoms with Crippen molar-refractivity contribution in [3.63, 3.8) is 0 Å². The zero-order valence-corrected chi connectivity index (χ0v) is 16.8. The minimum atomic E-state index is -0.102. The van der Waals surface area contributed by atoms with Crippen molar-refractivity contribution in [1.29, 1.82) is 0 Å². The number of methoxy groups -OCH3 is 1. The van der Waals surface area contributed by atoms with Crippen LogP contribution in [-0.2, 0) is 6.54 Å². The van der Waals surface area contributed by atoms with Gasteiger partial charge < -0.3 is 4.74 Å². The fourth-order valence-electron chi connectivity index (χ4n) is 2.57. The molecule has 0 N–H and O–H groups in total. The largest absolute Gasteiger partial charge is 0.497 e. The second-order valence-electron chi connectivity index (χ2n) is 5.55. The Kier molecular flexibility index (Phi) is 5.78. The van der Waals surface area contributed by atoms with Crippen LogP contribution in [-0.4, -0.2) is 28.2 Å². The molecule has 1 heterocycles. The SMILES string of the molecule is CCn1c(SCC(=O)c2cccc(OC)c2)nc2ccc(Br)cc2c1=O. The van der Waals surface area contributed by atoms with E-state index in [4.69, 9.17) is 4.74 Å². The van der Waals surface area contributed by atoms with Gasteiger partial charge in [0.1, 0.15) is 5.75 Å². The molecule has 0 radical (unpaired) electrons. The summed E-state index contributed by atoms with van der Waals surface area (Å²) in [7, 11) is 1.57. The molecule has 0 unspecified atom stereocenters. The lowest BCUT2D eigenvalue weighted by atomic mass is 10.1. The summed E-state index contributed by atoms with van der Waals surface area (Å²) in [6, 6.07) is 12.5. The zero-order valence-electron chi connectivity index (χ0n) is 14.4. The van der Waals surface area contributed by atoms with Crippen LogP contribution in [0.15, 0.2) is 56.9 Å². The third kappa shape index (κ3) is 3.83. The van der Waals surface area contributed by atoms with Crippen LogP contribution in [0.5, 0.6) is 5.75 Å². The summed E-state index contributed by atoms with van der Waals surface area (Å²) in [5.41, 5.74) is 1.10. The predicted molar refractivity (Wildman–Crippen MR) is 107 cm³/mol. The van der Waals surface area contributed by atoms with E-state index < -0.39 is 0 Å². The van der Waals surface area contributed by atoms with Gasteiger partial charge in [0.15, 0.2) is 10.9 Å². The van der Waals surface area contributed by atoms with Crippen molar-refractivity contribution in [3.8, 4) is 5.75 Å². The minimum Gasteiger partial charge on any atom is -0.497 e. The number of ketones is 1. The summed E-state index contributed by atoms with van der Waals surface area (Å²) in [6.07, 6.45) is 0. The van der Waals surface area contributed by atoms with Crippen molar-refractivity contribution in [1.82, 2.24) is 9.55 Å². The summed E-state index contributed by atoms with van der Waals surface area (Å²) in [5.74, 6) is 0.796. The van der Waals surface area contributed by atoms with E-state index in [0.29, 0.717) is 33.9 Å². The maximum Gasteiger partial charge on any atom is 0.262 e.